The van der Waals surface area contributed by atoms with E-state index >= 15 is 4.39 Å². The van der Waals surface area contributed by atoms with E-state index in [4.69, 9.17) is 4.42 Å². The number of furan rings is 1. The first kappa shape index (κ1) is 18.8. The second kappa shape index (κ2) is 7.03. The zero-order valence-corrected chi connectivity index (χ0v) is 17.8. The Labute approximate surface area is 184 Å². The van der Waals surface area contributed by atoms with Gasteiger partial charge in [-0.15, -0.1) is 0 Å². The van der Waals surface area contributed by atoms with Crippen LogP contribution in [0.1, 0.15) is 11.1 Å². The van der Waals surface area contributed by atoms with Gasteiger partial charge in [-0.2, -0.15) is 0 Å². The Balaban J connectivity index is 1.65. The third-order valence-electron chi connectivity index (χ3n) is 6.30. The van der Waals surface area contributed by atoms with Gasteiger partial charge in [0, 0.05) is 22.5 Å². The predicted octanol–water partition coefficient (Wildman–Crippen LogP) is 8.22. The molecule has 0 atom stereocenters. The molecular weight excluding hydrogens is 397 g/mol. The van der Waals surface area contributed by atoms with E-state index in [-0.39, 0.29) is 5.82 Å². The van der Waals surface area contributed by atoms with Gasteiger partial charge in [0.05, 0.1) is 11.3 Å². The van der Waals surface area contributed by atoms with Crippen LogP contribution in [0, 0.1) is 19.7 Å². The van der Waals surface area contributed by atoms with E-state index in [9.17, 15) is 0 Å². The molecule has 0 spiro atoms. The molecule has 0 unspecified atom stereocenters. The van der Waals surface area contributed by atoms with Crippen LogP contribution in [0.25, 0.3) is 55.1 Å². The van der Waals surface area contributed by atoms with E-state index in [0.717, 1.165) is 49.5 Å². The number of para-hydroxylation sites is 1. The van der Waals surface area contributed by atoms with E-state index in [1.54, 1.807) is 6.07 Å². The Morgan fingerprint density at radius 2 is 1.53 bits per heavy atom. The fraction of sp³-hybridized carbons (Fsp3) is 0.0690. The average Bonchev–Trinajstić information content (AvgIpc) is 3.19. The summed E-state index contributed by atoms with van der Waals surface area (Å²) in [5.41, 5.74) is 6.66. The van der Waals surface area contributed by atoms with Crippen molar-refractivity contribution in [3.05, 3.63) is 102 Å². The number of rotatable bonds is 2. The minimum atomic E-state index is -0.294. The summed E-state index contributed by atoms with van der Waals surface area (Å²) in [6.07, 6.45) is 1.88. The summed E-state index contributed by atoms with van der Waals surface area (Å²) in [4.78, 5) is 4.63. The monoisotopic (exact) mass is 417 g/mol. The molecule has 6 aromatic rings. The maximum atomic E-state index is 15.2. The number of fused-ring (bicyclic) bond motifs is 4. The topological polar surface area (TPSA) is 26.0 Å². The molecule has 32 heavy (non-hydrogen) atoms. The zero-order chi connectivity index (χ0) is 21.8. The Kier molecular flexibility index (Phi) is 4.12. The molecule has 0 saturated heterocycles. The summed E-state index contributed by atoms with van der Waals surface area (Å²) in [6, 6.07) is 25.5. The van der Waals surface area contributed by atoms with E-state index in [0.29, 0.717) is 11.1 Å². The first-order valence-electron chi connectivity index (χ1n) is 10.7. The van der Waals surface area contributed by atoms with Crippen LogP contribution >= 0.6 is 0 Å². The molecule has 0 radical (unpaired) electrons. The van der Waals surface area contributed by atoms with E-state index in [1.165, 1.54) is 11.6 Å². The second-order valence-corrected chi connectivity index (χ2v) is 8.30. The molecule has 0 N–H and O–H groups in total. The van der Waals surface area contributed by atoms with Gasteiger partial charge in [-0.1, -0.05) is 48.5 Å². The highest BCUT2D eigenvalue weighted by molar-refractivity contribution is 6.13. The summed E-state index contributed by atoms with van der Waals surface area (Å²) < 4.78 is 21.6. The fourth-order valence-corrected chi connectivity index (χ4v) is 4.43. The molecule has 2 aromatic heterocycles. The minimum Gasteiger partial charge on any atom is -0.455 e. The van der Waals surface area contributed by atoms with Gasteiger partial charge in [-0.05, 0) is 71.6 Å². The van der Waals surface area contributed by atoms with Crippen molar-refractivity contribution in [3.8, 4) is 22.4 Å². The highest BCUT2D eigenvalue weighted by atomic mass is 19.1. The molecule has 0 fully saturated rings. The number of benzene rings is 4. The van der Waals surface area contributed by atoms with Gasteiger partial charge in [-0.3, -0.25) is 4.98 Å². The van der Waals surface area contributed by atoms with Gasteiger partial charge in [0.2, 0.25) is 0 Å². The van der Waals surface area contributed by atoms with Gasteiger partial charge in [0.25, 0.3) is 0 Å². The quantitative estimate of drug-likeness (QED) is 0.284. The Morgan fingerprint density at radius 3 is 2.38 bits per heavy atom. The third-order valence-corrected chi connectivity index (χ3v) is 6.30. The molecule has 0 aliphatic rings. The van der Waals surface area contributed by atoms with Crippen molar-refractivity contribution in [1.82, 2.24) is 4.98 Å². The Hall–Kier alpha value is -3.98. The lowest BCUT2D eigenvalue weighted by Gasteiger charge is -2.06. The number of hydrogen-bond acceptors (Lipinski definition) is 2. The van der Waals surface area contributed by atoms with Crippen molar-refractivity contribution >= 4 is 32.7 Å². The number of pyridine rings is 1. The smallest absolute Gasteiger partial charge is 0.146 e. The number of nitrogens with zero attached hydrogens (tertiary/aromatic N) is 1. The number of halogens is 1. The fourth-order valence-electron chi connectivity index (χ4n) is 4.43. The van der Waals surface area contributed by atoms with Gasteiger partial charge in [0.1, 0.15) is 17.0 Å². The average molecular weight is 417 g/mol. The summed E-state index contributed by atoms with van der Waals surface area (Å²) in [6.45, 7) is 4.12. The maximum absolute atomic E-state index is 15.2. The molecular formula is C29H20FNO. The number of aryl methyl sites for hydroxylation is 2. The van der Waals surface area contributed by atoms with Gasteiger partial charge in [-0.25, -0.2) is 4.39 Å². The van der Waals surface area contributed by atoms with Crippen LogP contribution in [0.5, 0.6) is 0 Å². The Bertz CT molecular complexity index is 1660. The SMILES string of the molecule is Cc1cnc(-c2cccc3c2oc2c(-c4ccc5ccccc5c4)c(F)ccc23)cc1C. The van der Waals surface area contributed by atoms with E-state index in [2.05, 4.69) is 24.0 Å². The standard InChI is InChI=1S/C29H20FNO/c1-17-14-26(31-16-18(17)2)24-9-5-8-22-23-12-13-25(30)27(29(23)32-28(22)24)21-11-10-19-6-3-4-7-20(19)15-21/h3-16H,1-2H3. The van der Waals surface area contributed by atoms with Crippen LogP contribution in [0.15, 0.2) is 89.5 Å². The van der Waals surface area contributed by atoms with Crippen molar-refractivity contribution in [2.24, 2.45) is 0 Å². The van der Waals surface area contributed by atoms with Gasteiger partial charge >= 0.3 is 0 Å². The number of aromatic nitrogens is 1. The first-order chi connectivity index (χ1) is 15.6. The van der Waals surface area contributed by atoms with Gasteiger partial charge in [0.15, 0.2) is 0 Å². The Morgan fingerprint density at radius 1 is 0.719 bits per heavy atom. The van der Waals surface area contributed by atoms with Crippen LogP contribution in [0.3, 0.4) is 0 Å². The van der Waals surface area contributed by atoms with E-state index < -0.39 is 0 Å². The van der Waals surface area contributed by atoms with Crippen LogP contribution in [-0.4, -0.2) is 4.98 Å². The van der Waals surface area contributed by atoms with Crippen LogP contribution in [0.2, 0.25) is 0 Å². The molecule has 0 aliphatic heterocycles. The third kappa shape index (κ3) is 2.82. The summed E-state index contributed by atoms with van der Waals surface area (Å²) in [7, 11) is 0. The molecule has 3 heteroatoms. The van der Waals surface area contributed by atoms with E-state index in [1.807, 2.05) is 67.7 Å². The summed E-state index contributed by atoms with van der Waals surface area (Å²) >= 11 is 0. The van der Waals surface area contributed by atoms with Crippen molar-refractivity contribution in [2.75, 3.05) is 0 Å². The van der Waals surface area contributed by atoms with Crippen LogP contribution in [-0.2, 0) is 0 Å². The lowest BCUT2D eigenvalue weighted by Crippen LogP contribution is -1.88. The molecule has 0 bridgehead atoms. The van der Waals surface area contributed by atoms with Crippen LogP contribution < -0.4 is 0 Å². The highest BCUT2D eigenvalue weighted by Gasteiger charge is 2.19. The van der Waals surface area contributed by atoms with Crippen molar-refractivity contribution in [2.45, 2.75) is 13.8 Å². The molecule has 2 heterocycles. The molecule has 0 amide bonds. The molecule has 0 saturated carbocycles. The van der Waals surface area contributed by atoms with Crippen molar-refractivity contribution in [3.63, 3.8) is 0 Å². The largest absolute Gasteiger partial charge is 0.455 e. The summed E-state index contributed by atoms with van der Waals surface area (Å²) in [5, 5.41) is 4.05. The number of hydrogen-bond donors (Lipinski definition) is 0. The minimum absolute atomic E-state index is 0.294. The molecule has 154 valence electrons. The molecule has 2 nitrogen and oxygen atoms in total. The van der Waals surface area contributed by atoms with Crippen molar-refractivity contribution < 1.29 is 8.81 Å². The lowest BCUT2D eigenvalue weighted by atomic mass is 9.98. The van der Waals surface area contributed by atoms with Crippen molar-refractivity contribution in [1.29, 1.82) is 0 Å². The normalized spacial score (nSPS) is 11.6. The highest BCUT2D eigenvalue weighted by Crippen LogP contribution is 2.41. The summed E-state index contributed by atoms with van der Waals surface area (Å²) in [5.74, 6) is -0.294. The maximum Gasteiger partial charge on any atom is 0.146 e. The molecule has 0 aliphatic carbocycles. The predicted molar refractivity (Wildman–Crippen MR) is 129 cm³/mol. The first-order valence-corrected chi connectivity index (χ1v) is 10.7. The molecule has 6 rings (SSSR count). The zero-order valence-electron chi connectivity index (χ0n) is 17.8. The molecule has 4 aromatic carbocycles. The lowest BCUT2D eigenvalue weighted by molar-refractivity contribution is 0.622. The van der Waals surface area contributed by atoms with Gasteiger partial charge < -0.3 is 4.42 Å². The van der Waals surface area contributed by atoms with Crippen LogP contribution in [0.4, 0.5) is 4.39 Å². The second-order valence-electron chi connectivity index (χ2n) is 8.30.